The van der Waals surface area contributed by atoms with Gasteiger partial charge in [0.05, 0.1) is 35.2 Å². The molecule has 4 aromatic rings. The Morgan fingerprint density at radius 1 is 0.812 bits per heavy atom. The minimum Gasteiger partial charge on any atom is -0.369 e. The Kier molecular flexibility index (Phi) is 11.1. The second kappa shape index (κ2) is 17.0. The molecule has 2 aromatic heterocycles. The SMILES string of the molecule is O=C1CCC(N2C(=O)c3ccc(N4CCN(C[C@H]5CC[C@H](N6Cc7cc(NC(=O)c8cnn9cccnc89)c(N8CCN(CC(F)F)CC8)cc7C6=O)CC5)CC4)cc3C2=O)C(=O)N1. The van der Waals surface area contributed by atoms with Gasteiger partial charge < -0.3 is 20.0 Å². The zero-order valence-electron chi connectivity index (χ0n) is 35.3. The number of piperidine rings is 1. The molecule has 6 aliphatic rings. The first-order valence-electron chi connectivity index (χ1n) is 22.1. The Morgan fingerprint density at radius 3 is 2.30 bits per heavy atom. The van der Waals surface area contributed by atoms with Crippen LogP contribution in [0, 0.1) is 5.92 Å². The molecule has 334 valence electrons. The lowest BCUT2D eigenvalue weighted by Crippen LogP contribution is -2.54. The van der Waals surface area contributed by atoms with Gasteiger partial charge in [-0.1, -0.05) is 0 Å². The van der Waals surface area contributed by atoms with Crippen LogP contribution < -0.4 is 20.4 Å². The van der Waals surface area contributed by atoms with Gasteiger partial charge in [0.2, 0.25) is 11.8 Å². The third kappa shape index (κ3) is 7.84. The highest BCUT2D eigenvalue weighted by molar-refractivity contribution is 6.23. The highest BCUT2D eigenvalue weighted by Gasteiger charge is 2.45. The molecular weight excluding hydrogens is 829 g/mol. The van der Waals surface area contributed by atoms with Crippen LogP contribution in [0.15, 0.2) is 55.0 Å². The van der Waals surface area contributed by atoms with E-state index in [0.29, 0.717) is 66.8 Å². The summed E-state index contributed by atoms with van der Waals surface area (Å²) in [6, 6.07) is 9.83. The van der Waals surface area contributed by atoms with Crippen molar-refractivity contribution >= 4 is 58.2 Å². The van der Waals surface area contributed by atoms with E-state index >= 15 is 0 Å². The van der Waals surface area contributed by atoms with E-state index in [9.17, 15) is 37.5 Å². The molecule has 6 amide bonds. The topological polar surface area (TPSA) is 176 Å². The summed E-state index contributed by atoms with van der Waals surface area (Å²) in [5, 5.41) is 9.58. The maximum absolute atomic E-state index is 14.2. The summed E-state index contributed by atoms with van der Waals surface area (Å²) in [4.78, 5) is 94.4. The molecule has 1 aliphatic carbocycles. The van der Waals surface area contributed by atoms with Crippen molar-refractivity contribution in [3.8, 4) is 0 Å². The minimum absolute atomic E-state index is 0.0295. The highest BCUT2D eigenvalue weighted by atomic mass is 19.3. The lowest BCUT2D eigenvalue weighted by Gasteiger charge is -2.40. The normalized spacial score (nSPS) is 23.4. The van der Waals surface area contributed by atoms with E-state index in [2.05, 4.69) is 35.4 Å². The summed E-state index contributed by atoms with van der Waals surface area (Å²) in [6.07, 6.45) is 6.28. The fourth-order valence-electron chi connectivity index (χ4n) is 10.4. The van der Waals surface area contributed by atoms with E-state index in [1.807, 2.05) is 23.1 Å². The Bertz CT molecular complexity index is 2540. The number of carbonyl (C=O) groups is 6. The molecule has 10 rings (SSSR count). The van der Waals surface area contributed by atoms with Crippen LogP contribution in [0.1, 0.15) is 85.5 Å². The molecule has 0 radical (unpaired) electrons. The van der Waals surface area contributed by atoms with Crippen LogP contribution in [-0.2, 0) is 16.1 Å². The van der Waals surface area contributed by atoms with Crippen molar-refractivity contribution in [1.82, 2.24) is 39.5 Å². The standard InChI is InChI=1S/C45H49F2N11O6/c46-38(47)26-53-14-18-55(19-15-53)37-22-32-28(20-35(37)50-41(60)34-23-49-57-11-1-10-48-40(34)57)25-56(43(32)62)29-4-2-27(3-5-29)24-52-12-16-54(17-13-52)30-6-7-31-33(21-30)45(64)58(44(31)63)36-8-9-39(59)51-42(36)61/h1,6-7,10-11,20-23,27,29,36,38H,2-5,8-9,12-19,24-26H2,(H,50,60)(H,51,59,61)/t27-,29-,36?. The average Bonchev–Trinajstić information content (AvgIpc) is 3.95. The van der Waals surface area contributed by atoms with Gasteiger partial charge in [0.1, 0.15) is 11.6 Å². The molecule has 19 heteroatoms. The van der Waals surface area contributed by atoms with E-state index in [0.717, 1.165) is 74.6 Å². The molecular formula is C45H49F2N11O6. The van der Waals surface area contributed by atoms with Crippen molar-refractivity contribution < 1.29 is 37.5 Å². The largest absolute Gasteiger partial charge is 0.369 e. The first-order valence-corrected chi connectivity index (χ1v) is 22.1. The predicted octanol–water partition coefficient (Wildman–Crippen LogP) is 3.11. The summed E-state index contributed by atoms with van der Waals surface area (Å²) in [6.45, 7) is 6.06. The number of imide groups is 2. The molecule has 64 heavy (non-hydrogen) atoms. The summed E-state index contributed by atoms with van der Waals surface area (Å²) >= 11 is 0. The third-order valence-corrected chi connectivity index (χ3v) is 13.9. The molecule has 0 spiro atoms. The van der Waals surface area contributed by atoms with Gasteiger partial charge in [-0.05, 0) is 80.0 Å². The molecule has 7 heterocycles. The number of amides is 6. The summed E-state index contributed by atoms with van der Waals surface area (Å²) in [5.41, 5.74) is 4.79. The molecule has 17 nitrogen and oxygen atoms in total. The molecule has 1 saturated carbocycles. The van der Waals surface area contributed by atoms with Crippen molar-refractivity contribution in [1.29, 1.82) is 0 Å². The Hall–Kier alpha value is -6.34. The van der Waals surface area contributed by atoms with Gasteiger partial charge in [-0.2, -0.15) is 5.10 Å². The van der Waals surface area contributed by atoms with E-state index in [4.69, 9.17) is 0 Å². The number of alkyl halides is 2. The maximum atomic E-state index is 14.2. The third-order valence-electron chi connectivity index (χ3n) is 13.9. The zero-order valence-corrected chi connectivity index (χ0v) is 35.3. The first-order chi connectivity index (χ1) is 31.0. The summed E-state index contributed by atoms with van der Waals surface area (Å²) in [5.74, 6) is -1.99. The number of halogens is 2. The van der Waals surface area contributed by atoms with E-state index in [-0.39, 0.29) is 48.4 Å². The van der Waals surface area contributed by atoms with Gasteiger partial charge in [0.15, 0.2) is 5.65 Å². The fraction of sp³-hybridized carbons (Fsp3) is 0.467. The summed E-state index contributed by atoms with van der Waals surface area (Å²) < 4.78 is 27.9. The van der Waals surface area contributed by atoms with Crippen LogP contribution in [0.2, 0.25) is 0 Å². The van der Waals surface area contributed by atoms with Crippen molar-refractivity contribution in [3.63, 3.8) is 0 Å². The van der Waals surface area contributed by atoms with Gasteiger partial charge in [-0.15, -0.1) is 0 Å². The van der Waals surface area contributed by atoms with Crippen LogP contribution in [0.25, 0.3) is 5.65 Å². The molecule has 2 N–H and O–H groups in total. The number of rotatable bonds is 10. The van der Waals surface area contributed by atoms with Crippen LogP contribution >= 0.6 is 0 Å². The van der Waals surface area contributed by atoms with Crippen LogP contribution in [0.5, 0.6) is 0 Å². The quantitative estimate of drug-likeness (QED) is 0.223. The lowest BCUT2D eigenvalue weighted by atomic mass is 9.85. The molecule has 2 aromatic carbocycles. The van der Waals surface area contributed by atoms with Crippen molar-refractivity contribution in [2.45, 2.75) is 63.6 Å². The monoisotopic (exact) mass is 877 g/mol. The molecule has 1 unspecified atom stereocenters. The second-order valence-electron chi connectivity index (χ2n) is 17.7. The molecule has 4 fully saturated rings. The first kappa shape index (κ1) is 41.7. The number of piperazine rings is 2. The number of benzene rings is 2. The van der Waals surface area contributed by atoms with Crippen molar-refractivity contribution in [2.75, 3.05) is 80.6 Å². The van der Waals surface area contributed by atoms with E-state index in [1.165, 1.54) is 10.7 Å². The Morgan fingerprint density at radius 2 is 1.55 bits per heavy atom. The fourth-order valence-corrected chi connectivity index (χ4v) is 10.4. The summed E-state index contributed by atoms with van der Waals surface area (Å²) in [7, 11) is 0. The number of aromatic nitrogens is 3. The zero-order chi connectivity index (χ0) is 44.2. The Labute approximate surface area is 367 Å². The molecule has 0 bridgehead atoms. The van der Waals surface area contributed by atoms with Gasteiger partial charge >= 0.3 is 0 Å². The number of fused-ring (bicyclic) bond motifs is 3. The second-order valence-corrected chi connectivity index (χ2v) is 17.7. The van der Waals surface area contributed by atoms with E-state index < -0.39 is 36.1 Å². The highest BCUT2D eigenvalue weighted by Crippen LogP contribution is 2.39. The van der Waals surface area contributed by atoms with Crippen LogP contribution in [0.3, 0.4) is 0 Å². The van der Waals surface area contributed by atoms with Gasteiger partial charge in [-0.3, -0.25) is 48.8 Å². The predicted molar refractivity (Wildman–Crippen MR) is 229 cm³/mol. The smallest absolute Gasteiger partial charge is 0.262 e. The number of hydrogen-bond acceptors (Lipinski definition) is 12. The van der Waals surface area contributed by atoms with Crippen LogP contribution in [0.4, 0.5) is 25.8 Å². The van der Waals surface area contributed by atoms with Gasteiger partial charge in [-0.25, -0.2) is 18.3 Å². The number of hydrogen-bond donors (Lipinski definition) is 2. The number of nitrogens with zero attached hydrogens (tertiary/aromatic N) is 9. The van der Waals surface area contributed by atoms with Gasteiger partial charge in [0, 0.05) is 102 Å². The van der Waals surface area contributed by atoms with Crippen LogP contribution in [-0.4, -0.2) is 154 Å². The average molecular weight is 878 g/mol. The minimum atomic E-state index is -2.42. The van der Waals surface area contributed by atoms with Crippen molar-refractivity contribution in [3.05, 3.63) is 82.8 Å². The molecule has 1 atom stereocenters. The maximum Gasteiger partial charge on any atom is 0.262 e. The van der Waals surface area contributed by atoms with Crippen molar-refractivity contribution in [2.24, 2.45) is 5.92 Å². The number of nitrogens with one attached hydrogen (secondary N) is 2. The van der Waals surface area contributed by atoms with E-state index in [1.54, 1.807) is 35.5 Å². The number of carbonyl (C=O) groups excluding carboxylic acids is 6. The Balaban J connectivity index is 0.755. The molecule has 5 aliphatic heterocycles. The van der Waals surface area contributed by atoms with Gasteiger partial charge in [0.25, 0.3) is 30.1 Å². The number of anilines is 3. The lowest BCUT2D eigenvalue weighted by molar-refractivity contribution is -0.136. The molecule has 3 saturated heterocycles.